The maximum Gasteiger partial charge on any atom is 0.200 e. The standard InChI is InChI=1S/C12H19NO3/c1-12(2,7-13)8-5-9(15-3)11(14)10(6-8)16-4/h5-6,14H,7,13H2,1-4H3. The van der Waals surface area contributed by atoms with Crippen LogP contribution in [-0.4, -0.2) is 25.9 Å². The minimum Gasteiger partial charge on any atom is -0.502 e. The first kappa shape index (κ1) is 12.6. The molecular formula is C12H19NO3. The van der Waals surface area contributed by atoms with E-state index in [1.165, 1.54) is 14.2 Å². The zero-order valence-electron chi connectivity index (χ0n) is 10.2. The van der Waals surface area contributed by atoms with Crippen LogP contribution in [0.2, 0.25) is 0 Å². The van der Waals surface area contributed by atoms with Crippen LogP contribution in [-0.2, 0) is 5.41 Å². The van der Waals surface area contributed by atoms with Gasteiger partial charge in [0.1, 0.15) is 0 Å². The van der Waals surface area contributed by atoms with Crippen molar-refractivity contribution in [2.45, 2.75) is 19.3 Å². The molecular weight excluding hydrogens is 206 g/mol. The molecule has 0 amide bonds. The molecule has 4 nitrogen and oxygen atoms in total. The molecule has 16 heavy (non-hydrogen) atoms. The molecule has 0 saturated carbocycles. The fraction of sp³-hybridized carbons (Fsp3) is 0.500. The first-order valence-corrected chi connectivity index (χ1v) is 5.11. The van der Waals surface area contributed by atoms with Crippen LogP contribution >= 0.6 is 0 Å². The topological polar surface area (TPSA) is 64.7 Å². The summed E-state index contributed by atoms with van der Waals surface area (Å²) in [4.78, 5) is 0. The summed E-state index contributed by atoms with van der Waals surface area (Å²) in [5, 5.41) is 9.77. The lowest BCUT2D eigenvalue weighted by Crippen LogP contribution is -2.28. The Kier molecular flexibility index (Phi) is 3.65. The van der Waals surface area contributed by atoms with Gasteiger partial charge in [0, 0.05) is 12.0 Å². The minimum absolute atomic E-state index is 0.0153. The van der Waals surface area contributed by atoms with Gasteiger partial charge in [-0.1, -0.05) is 13.8 Å². The first-order valence-electron chi connectivity index (χ1n) is 5.11. The van der Waals surface area contributed by atoms with E-state index >= 15 is 0 Å². The molecule has 4 heteroatoms. The van der Waals surface area contributed by atoms with E-state index in [0.29, 0.717) is 18.0 Å². The van der Waals surface area contributed by atoms with Crippen LogP contribution in [0, 0.1) is 0 Å². The van der Waals surface area contributed by atoms with Crippen molar-refractivity contribution in [1.82, 2.24) is 0 Å². The van der Waals surface area contributed by atoms with E-state index in [1.807, 2.05) is 13.8 Å². The Morgan fingerprint density at radius 2 is 1.62 bits per heavy atom. The van der Waals surface area contributed by atoms with Gasteiger partial charge >= 0.3 is 0 Å². The summed E-state index contributed by atoms with van der Waals surface area (Å²) in [6.45, 7) is 4.56. The van der Waals surface area contributed by atoms with Gasteiger partial charge in [-0.2, -0.15) is 0 Å². The van der Waals surface area contributed by atoms with Gasteiger partial charge in [0.05, 0.1) is 14.2 Å². The maximum atomic E-state index is 9.77. The number of ether oxygens (including phenoxy) is 2. The summed E-state index contributed by atoms with van der Waals surface area (Å²) in [5.74, 6) is 0.813. The van der Waals surface area contributed by atoms with Crippen molar-refractivity contribution in [3.05, 3.63) is 17.7 Å². The number of hydrogen-bond acceptors (Lipinski definition) is 4. The molecule has 3 N–H and O–H groups in total. The molecule has 0 aliphatic carbocycles. The molecule has 0 atom stereocenters. The van der Waals surface area contributed by atoms with Gasteiger partial charge < -0.3 is 20.3 Å². The van der Waals surface area contributed by atoms with E-state index in [1.54, 1.807) is 12.1 Å². The smallest absolute Gasteiger partial charge is 0.200 e. The SMILES string of the molecule is COc1cc(C(C)(C)CN)cc(OC)c1O. The number of phenols is 1. The Bertz CT molecular complexity index is 350. The molecule has 1 aromatic carbocycles. The van der Waals surface area contributed by atoms with Crippen LogP contribution in [0.4, 0.5) is 0 Å². The van der Waals surface area contributed by atoms with E-state index in [9.17, 15) is 5.11 Å². The average molecular weight is 225 g/mol. The average Bonchev–Trinajstić information content (AvgIpc) is 2.29. The zero-order valence-corrected chi connectivity index (χ0v) is 10.2. The predicted octanol–water partition coefficient (Wildman–Crippen LogP) is 1.65. The number of nitrogens with two attached hydrogens (primary N) is 1. The highest BCUT2D eigenvalue weighted by molar-refractivity contribution is 5.54. The molecule has 1 aromatic rings. The fourth-order valence-electron chi connectivity index (χ4n) is 1.40. The highest BCUT2D eigenvalue weighted by Gasteiger charge is 2.22. The van der Waals surface area contributed by atoms with Gasteiger partial charge in [0.15, 0.2) is 11.5 Å². The lowest BCUT2D eigenvalue weighted by atomic mass is 9.84. The molecule has 0 aromatic heterocycles. The van der Waals surface area contributed by atoms with E-state index in [4.69, 9.17) is 15.2 Å². The zero-order chi connectivity index (χ0) is 12.3. The van der Waals surface area contributed by atoms with E-state index in [-0.39, 0.29) is 11.2 Å². The van der Waals surface area contributed by atoms with Crippen molar-refractivity contribution in [2.24, 2.45) is 5.73 Å². The van der Waals surface area contributed by atoms with Crippen molar-refractivity contribution < 1.29 is 14.6 Å². The number of hydrogen-bond donors (Lipinski definition) is 2. The second kappa shape index (κ2) is 4.61. The molecule has 90 valence electrons. The second-order valence-electron chi connectivity index (χ2n) is 4.32. The van der Waals surface area contributed by atoms with Crippen LogP contribution in [0.3, 0.4) is 0 Å². The van der Waals surface area contributed by atoms with Crippen LogP contribution in [0.15, 0.2) is 12.1 Å². The van der Waals surface area contributed by atoms with Gasteiger partial charge in [-0.25, -0.2) is 0 Å². The van der Waals surface area contributed by atoms with Crippen molar-refractivity contribution in [3.63, 3.8) is 0 Å². The molecule has 0 saturated heterocycles. The summed E-state index contributed by atoms with van der Waals surface area (Å²) < 4.78 is 10.2. The molecule has 0 aliphatic rings. The first-order chi connectivity index (χ1) is 7.46. The fourth-order valence-corrected chi connectivity index (χ4v) is 1.40. The van der Waals surface area contributed by atoms with Crippen LogP contribution < -0.4 is 15.2 Å². The number of phenolic OH excluding ortho intramolecular Hbond substituents is 1. The van der Waals surface area contributed by atoms with Crippen molar-refractivity contribution in [1.29, 1.82) is 0 Å². The van der Waals surface area contributed by atoms with Gasteiger partial charge in [-0.3, -0.25) is 0 Å². The number of benzene rings is 1. The Balaban J connectivity index is 3.32. The molecule has 1 rings (SSSR count). The Morgan fingerprint density at radius 3 is 1.94 bits per heavy atom. The number of aromatic hydroxyl groups is 1. The van der Waals surface area contributed by atoms with Gasteiger partial charge in [-0.15, -0.1) is 0 Å². The maximum absolute atomic E-state index is 9.77. The molecule has 0 fully saturated rings. The van der Waals surface area contributed by atoms with Gasteiger partial charge in [0.25, 0.3) is 0 Å². The van der Waals surface area contributed by atoms with E-state index in [0.717, 1.165) is 5.56 Å². The van der Waals surface area contributed by atoms with Crippen molar-refractivity contribution >= 4 is 0 Å². The highest BCUT2D eigenvalue weighted by atomic mass is 16.5. The van der Waals surface area contributed by atoms with E-state index in [2.05, 4.69) is 0 Å². The second-order valence-corrected chi connectivity index (χ2v) is 4.32. The number of methoxy groups -OCH3 is 2. The predicted molar refractivity (Wildman–Crippen MR) is 63.3 cm³/mol. The third kappa shape index (κ3) is 2.22. The lowest BCUT2D eigenvalue weighted by molar-refractivity contribution is 0.337. The Labute approximate surface area is 96.0 Å². The summed E-state index contributed by atoms with van der Waals surface area (Å²) in [6, 6.07) is 3.56. The molecule has 0 bridgehead atoms. The normalized spacial score (nSPS) is 11.3. The molecule has 0 spiro atoms. The Morgan fingerprint density at radius 1 is 1.19 bits per heavy atom. The van der Waals surface area contributed by atoms with Crippen LogP contribution in [0.5, 0.6) is 17.2 Å². The van der Waals surface area contributed by atoms with Crippen LogP contribution in [0.1, 0.15) is 19.4 Å². The Hall–Kier alpha value is -1.42. The summed E-state index contributed by atoms with van der Waals surface area (Å²) in [7, 11) is 3.02. The minimum atomic E-state index is -0.186. The molecule has 0 radical (unpaired) electrons. The van der Waals surface area contributed by atoms with E-state index < -0.39 is 0 Å². The lowest BCUT2D eigenvalue weighted by Gasteiger charge is -2.24. The largest absolute Gasteiger partial charge is 0.502 e. The van der Waals surface area contributed by atoms with Crippen LogP contribution in [0.25, 0.3) is 0 Å². The van der Waals surface area contributed by atoms with Crippen molar-refractivity contribution in [3.8, 4) is 17.2 Å². The monoisotopic (exact) mass is 225 g/mol. The molecule has 0 heterocycles. The molecule has 0 unspecified atom stereocenters. The van der Waals surface area contributed by atoms with Gasteiger partial charge in [0.2, 0.25) is 5.75 Å². The number of rotatable bonds is 4. The highest BCUT2D eigenvalue weighted by Crippen LogP contribution is 2.40. The quantitative estimate of drug-likeness (QED) is 0.817. The van der Waals surface area contributed by atoms with Crippen molar-refractivity contribution in [2.75, 3.05) is 20.8 Å². The third-order valence-electron chi connectivity index (χ3n) is 2.77. The summed E-state index contributed by atoms with van der Waals surface area (Å²) in [6.07, 6.45) is 0. The molecule has 0 aliphatic heterocycles. The van der Waals surface area contributed by atoms with Gasteiger partial charge in [-0.05, 0) is 17.7 Å². The summed E-state index contributed by atoms with van der Waals surface area (Å²) >= 11 is 0. The summed E-state index contributed by atoms with van der Waals surface area (Å²) in [5.41, 5.74) is 6.50. The third-order valence-corrected chi connectivity index (χ3v) is 2.77.